The second kappa shape index (κ2) is 7.36. The van der Waals surface area contributed by atoms with Crippen molar-refractivity contribution in [1.29, 1.82) is 0 Å². The molecule has 0 saturated carbocycles. The van der Waals surface area contributed by atoms with Gasteiger partial charge in [-0.25, -0.2) is 0 Å². The van der Waals surface area contributed by atoms with Crippen molar-refractivity contribution < 1.29 is 19.4 Å². The minimum absolute atomic E-state index is 0.139. The molecule has 1 aromatic carbocycles. The molecule has 0 aromatic heterocycles. The molecule has 1 unspecified atom stereocenters. The summed E-state index contributed by atoms with van der Waals surface area (Å²) in [7, 11) is 1.42. The minimum Gasteiger partial charge on any atom is -0.494 e. The summed E-state index contributed by atoms with van der Waals surface area (Å²) in [5.74, 6) is -1.10. The van der Waals surface area contributed by atoms with E-state index in [1.165, 1.54) is 19.2 Å². The van der Waals surface area contributed by atoms with Gasteiger partial charge in [-0.2, -0.15) is 0 Å². The Balaban J connectivity index is 2.89. The molecule has 110 valence electrons. The number of ether oxygens (including phenoxy) is 1. The number of methoxy groups -OCH3 is 1. The fourth-order valence-corrected chi connectivity index (χ4v) is 2.30. The number of carboxylic acids is 1. The molecule has 0 fully saturated rings. The zero-order valence-electron chi connectivity index (χ0n) is 11.1. The Hall–Kier alpha value is -1.46. The maximum Gasteiger partial charge on any atom is 0.305 e. The largest absolute Gasteiger partial charge is 0.494 e. The van der Waals surface area contributed by atoms with Crippen LogP contribution in [0.2, 0.25) is 10.0 Å². The van der Waals surface area contributed by atoms with E-state index in [4.69, 9.17) is 33.0 Å². The van der Waals surface area contributed by atoms with Crippen LogP contribution in [-0.2, 0) is 4.79 Å². The van der Waals surface area contributed by atoms with Gasteiger partial charge in [0, 0.05) is 11.6 Å². The molecule has 1 amide bonds. The first kappa shape index (κ1) is 16.6. The first-order chi connectivity index (χ1) is 9.38. The SMILES string of the molecule is CCC(CC(=O)O)NC(=O)c1cc(Cl)c(OC)c(Cl)c1. The van der Waals surface area contributed by atoms with Gasteiger partial charge in [0.1, 0.15) is 0 Å². The molecule has 0 radical (unpaired) electrons. The monoisotopic (exact) mass is 319 g/mol. The van der Waals surface area contributed by atoms with Gasteiger partial charge in [0.25, 0.3) is 5.91 Å². The molecule has 0 bridgehead atoms. The smallest absolute Gasteiger partial charge is 0.305 e. The van der Waals surface area contributed by atoms with Gasteiger partial charge >= 0.3 is 5.97 Å². The Morgan fingerprint density at radius 2 is 1.90 bits per heavy atom. The lowest BCUT2D eigenvalue weighted by atomic mass is 10.1. The molecule has 1 atom stereocenters. The highest BCUT2D eigenvalue weighted by atomic mass is 35.5. The zero-order chi connectivity index (χ0) is 15.3. The molecular formula is C13H15Cl2NO4. The fraction of sp³-hybridized carbons (Fsp3) is 0.385. The summed E-state index contributed by atoms with van der Waals surface area (Å²) >= 11 is 11.9. The molecule has 20 heavy (non-hydrogen) atoms. The average Bonchev–Trinajstić information content (AvgIpc) is 2.36. The summed E-state index contributed by atoms with van der Waals surface area (Å²) in [6.45, 7) is 1.79. The number of carbonyl (C=O) groups is 2. The van der Waals surface area contributed by atoms with Gasteiger partial charge in [0.2, 0.25) is 0 Å². The number of carbonyl (C=O) groups excluding carboxylic acids is 1. The molecule has 0 heterocycles. The molecule has 2 N–H and O–H groups in total. The number of halogens is 2. The normalized spacial score (nSPS) is 11.8. The molecule has 0 aliphatic heterocycles. The van der Waals surface area contributed by atoms with Gasteiger partial charge in [-0.05, 0) is 18.6 Å². The Bertz CT molecular complexity index is 496. The van der Waals surface area contributed by atoms with Crippen molar-refractivity contribution in [3.63, 3.8) is 0 Å². The van der Waals surface area contributed by atoms with Crippen LogP contribution in [0.3, 0.4) is 0 Å². The number of hydrogen-bond donors (Lipinski definition) is 2. The Kier molecular flexibility index (Phi) is 6.10. The van der Waals surface area contributed by atoms with Crippen LogP contribution in [0.5, 0.6) is 5.75 Å². The highest BCUT2D eigenvalue weighted by molar-refractivity contribution is 6.37. The predicted octanol–water partition coefficient (Wildman–Crippen LogP) is 2.99. The van der Waals surface area contributed by atoms with Crippen molar-refractivity contribution in [2.45, 2.75) is 25.8 Å². The van der Waals surface area contributed by atoms with Crippen LogP contribution in [0.4, 0.5) is 0 Å². The first-order valence-electron chi connectivity index (χ1n) is 5.94. The molecule has 0 saturated heterocycles. The Labute approximate surface area is 126 Å². The number of hydrogen-bond acceptors (Lipinski definition) is 3. The summed E-state index contributed by atoms with van der Waals surface area (Å²) in [6, 6.07) is 2.41. The van der Waals surface area contributed by atoms with Crippen molar-refractivity contribution in [1.82, 2.24) is 5.32 Å². The highest BCUT2D eigenvalue weighted by Crippen LogP contribution is 2.33. The summed E-state index contributed by atoms with van der Waals surface area (Å²) in [6.07, 6.45) is 0.371. The Morgan fingerprint density at radius 3 is 2.30 bits per heavy atom. The van der Waals surface area contributed by atoms with E-state index >= 15 is 0 Å². The van der Waals surface area contributed by atoms with E-state index < -0.39 is 17.9 Å². The van der Waals surface area contributed by atoms with E-state index in [0.29, 0.717) is 12.2 Å². The van der Waals surface area contributed by atoms with Crippen LogP contribution in [0.25, 0.3) is 0 Å². The van der Waals surface area contributed by atoms with Gasteiger partial charge in [-0.1, -0.05) is 30.1 Å². The van der Waals surface area contributed by atoms with Crippen LogP contribution < -0.4 is 10.1 Å². The first-order valence-corrected chi connectivity index (χ1v) is 6.70. The number of carboxylic acid groups (broad SMARTS) is 1. The number of benzene rings is 1. The van der Waals surface area contributed by atoms with Gasteiger partial charge < -0.3 is 15.2 Å². The third-order valence-corrected chi connectivity index (χ3v) is 3.28. The summed E-state index contributed by atoms with van der Waals surface area (Å²) in [4.78, 5) is 22.7. The number of amides is 1. The van der Waals surface area contributed by atoms with E-state index in [9.17, 15) is 9.59 Å². The van der Waals surface area contributed by atoms with Crippen molar-refractivity contribution in [3.05, 3.63) is 27.7 Å². The number of rotatable bonds is 6. The number of aliphatic carboxylic acids is 1. The number of nitrogens with one attached hydrogen (secondary N) is 1. The lowest BCUT2D eigenvalue weighted by Gasteiger charge is -2.15. The second-order valence-electron chi connectivity index (χ2n) is 4.15. The van der Waals surface area contributed by atoms with E-state index in [1.807, 2.05) is 0 Å². The average molecular weight is 320 g/mol. The van der Waals surface area contributed by atoms with Crippen LogP contribution >= 0.6 is 23.2 Å². The van der Waals surface area contributed by atoms with E-state index in [1.54, 1.807) is 6.92 Å². The summed E-state index contributed by atoms with van der Waals surface area (Å²) in [5.41, 5.74) is 0.254. The minimum atomic E-state index is -0.969. The van der Waals surface area contributed by atoms with Gasteiger partial charge in [-0.15, -0.1) is 0 Å². The molecule has 1 aromatic rings. The third kappa shape index (κ3) is 4.28. The lowest BCUT2D eigenvalue weighted by Crippen LogP contribution is -2.36. The Morgan fingerprint density at radius 1 is 1.35 bits per heavy atom. The topological polar surface area (TPSA) is 75.6 Å². The summed E-state index contributed by atoms with van der Waals surface area (Å²) < 4.78 is 4.99. The van der Waals surface area contributed by atoms with Gasteiger partial charge in [-0.3, -0.25) is 9.59 Å². The molecule has 7 heteroatoms. The van der Waals surface area contributed by atoms with Crippen molar-refractivity contribution in [3.8, 4) is 5.75 Å². The second-order valence-corrected chi connectivity index (χ2v) is 4.96. The van der Waals surface area contributed by atoms with Crippen molar-refractivity contribution in [2.75, 3.05) is 7.11 Å². The molecule has 1 rings (SSSR count). The van der Waals surface area contributed by atoms with Crippen molar-refractivity contribution in [2.24, 2.45) is 0 Å². The van der Waals surface area contributed by atoms with E-state index in [-0.39, 0.29) is 22.0 Å². The lowest BCUT2D eigenvalue weighted by molar-refractivity contribution is -0.137. The van der Waals surface area contributed by atoms with Crippen molar-refractivity contribution >= 4 is 35.1 Å². The van der Waals surface area contributed by atoms with Gasteiger partial charge in [0.05, 0.1) is 23.6 Å². The highest BCUT2D eigenvalue weighted by Gasteiger charge is 2.17. The fourth-order valence-electron chi connectivity index (χ4n) is 1.66. The molecule has 0 spiro atoms. The van der Waals surface area contributed by atoms with E-state index in [2.05, 4.69) is 5.32 Å². The quantitative estimate of drug-likeness (QED) is 0.845. The maximum atomic E-state index is 12.0. The third-order valence-electron chi connectivity index (χ3n) is 2.71. The zero-order valence-corrected chi connectivity index (χ0v) is 12.6. The van der Waals surface area contributed by atoms with E-state index in [0.717, 1.165) is 0 Å². The summed E-state index contributed by atoms with van der Waals surface area (Å²) in [5, 5.41) is 11.8. The molecule has 5 nitrogen and oxygen atoms in total. The van der Waals surface area contributed by atoms with Crippen LogP contribution in [0.1, 0.15) is 30.1 Å². The molecular weight excluding hydrogens is 305 g/mol. The standard InChI is InChI=1S/C13H15Cl2NO4/c1-3-8(6-11(17)18)16-13(19)7-4-9(14)12(20-2)10(15)5-7/h4-5,8H,3,6H2,1-2H3,(H,16,19)(H,17,18). The maximum absolute atomic E-state index is 12.0. The van der Waals surface area contributed by atoms with Crippen LogP contribution in [-0.4, -0.2) is 30.1 Å². The van der Waals surface area contributed by atoms with Crippen LogP contribution in [0, 0.1) is 0 Å². The molecule has 0 aliphatic rings. The van der Waals surface area contributed by atoms with Crippen LogP contribution in [0.15, 0.2) is 12.1 Å². The van der Waals surface area contributed by atoms with Gasteiger partial charge in [0.15, 0.2) is 5.75 Å². The predicted molar refractivity (Wildman–Crippen MR) is 76.8 cm³/mol. The molecule has 0 aliphatic carbocycles.